The van der Waals surface area contributed by atoms with Gasteiger partial charge in [-0.2, -0.15) is 0 Å². The Morgan fingerprint density at radius 2 is 2.50 bits per heavy atom. The van der Waals surface area contributed by atoms with Crippen molar-refractivity contribution in [3.63, 3.8) is 0 Å². The zero-order chi connectivity index (χ0) is 8.39. The van der Waals surface area contributed by atoms with Crippen molar-refractivity contribution in [2.75, 3.05) is 13.1 Å². The summed E-state index contributed by atoms with van der Waals surface area (Å²) in [4.78, 5) is 4.16. The Hall–Kier alpha value is -1.09. The molecule has 0 spiro atoms. The highest BCUT2D eigenvalue weighted by molar-refractivity contribution is 5.60. The van der Waals surface area contributed by atoms with Crippen LogP contribution in [0.5, 0.6) is 0 Å². The van der Waals surface area contributed by atoms with E-state index in [1.165, 1.54) is 5.57 Å². The molecular formula is C9H12N2O. The van der Waals surface area contributed by atoms with Crippen molar-refractivity contribution < 1.29 is 4.42 Å². The van der Waals surface area contributed by atoms with E-state index in [-0.39, 0.29) is 0 Å². The first-order valence-corrected chi connectivity index (χ1v) is 4.19. The molecule has 2 rings (SSSR count). The Morgan fingerprint density at radius 1 is 1.58 bits per heavy atom. The predicted molar refractivity (Wildman–Crippen MR) is 46.7 cm³/mol. The van der Waals surface area contributed by atoms with E-state index in [0.717, 1.165) is 31.2 Å². The molecule has 12 heavy (non-hydrogen) atoms. The van der Waals surface area contributed by atoms with Gasteiger partial charge in [-0.3, -0.25) is 0 Å². The summed E-state index contributed by atoms with van der Waals surface area (Å²) in [7, 11) is 0. The van der Waals surface area contributed by atoms with Crippen molar-refractivity contribution in [2.24, 2.45) is 0 Å². The van der Waals surface area contributed by atoms with E-state index in [1.54, 1.807) is 6.20 Å². The van der Waals surface area contributed by atoms with Crippen LogP contribution in [0.3, 0.4) is 0 Å². The Labute approximate surface area is 71.5 Å². The summed E-state index contributed by atoms with van der Waals surface area (Å²) >= 11 is 0. The van der Waals surface area contributed by atoms with Crippen LogP contribution in [0.4, 0.5) is 0 Å². The van der Waals surface area contributed by atoms with E-state index in [2.05, 4.69) is 16.4 Å². The van der Waals surface area contributed by atoms with Crippen LogP contribution < -0.4 is 5.32 Å². The van der Waals surface area contributed by atoms with Gasteiger partial charge in [0, 0.05) is 12.1 Å². The number of nitrogens with one attached hydrogen (secondary N) is 1. The van der Waals surface area contributed by atoms with Crippen LogP contribution in [0, 0.1) is 6.92 Å². The average Bonchev–Trinajstić information content (AvgIpc) is 2.54. The minimum atomic E-state index is 0.764. The van der Waals surface area contributed by atoms with Crippen molar-refractivity contribution in [2.45, 2.75) is 13.3 Å². The van der Waals surface area contributed by atoms with E-state index in [4.69, 9.17) is 4.42 Å². The molecule has 0 aromatic carbocycles. The second-order valence-corrected chi connectivity index (χ2v) is 2.97. The Balaban J connectivity index is 2.23. The van der Waals surface area contributed by atoms with Crippen molar-refractivity contribution in [3.8, 4) is 0 Å². The van der Waals surface area contributed by atoms with Gasteiger partial charge in [-0.25, -0.2) is 4.98 Å². The molecule has 0 saturated carbocycles. The van der Waals surface area contributed by atoms with Gasteiger partial charge in [0.1, 0.15) is 5.76 Å². The quantitative estimate of drug-likeness (QED) is 0.681. The number of rotatable bonds is 1. The predicted octanol–water partition coefficient (Wildman–Crippen LogP) is 1.36. The van der Waals surface area contributed by atoms with Gasteiger partial charge in [-0.1, -0.05) is 6.08 Å². The summed E-state index contributed by atoms with van der Waals surface area (Å²) in [5.41, 5.74) is 1.18. The number of aromatic nitrogens is 1. The molecule has 0 unspecified atom stereocenters. The van der Waals surface area contributed by atoms with Crippen molar-refractivity contribution in [3.05, 3.63) is 23.9 Å². The van der Waals surface area contributed by atoms with Crippen LogP contribution in [0.2, 0.25) is 0 Å². The molecule has 3 nitrogen and oxygen atoms in total. The molecule has 1 aromatic rings. The van der Waals surface area contributed by atoms with Crippen LogP contribution in [-0.2, 0) is 0 Å². The number of hydrogen-bond donors (Lipinski definition) is 1. The first-order chi connectivity index (χ1) is 5.86. The highest BCUT2D eigenvalue weighted by Gasteiger charge is 2.09. The zero-order valence-electron chi connectivity index (χ0n) is 7.13. The maximum absolute atomic E-state index is 5.40. The first-order valence-electron chi connectivity index (χ1n) is 4.19. The molecule has 0 saturated heterocycles. The lowest BCUT2D eigenvalue weighted by Crippen LogP contribution is -2.21. The van der Waals surface area contributed by atoms with Gasteiger partial charge >= 0.3 is 0 Å². The molecule has 0 fully saturated rings. The van der Waals surface area contributed by atoms with E-state index in [1.807, 2.05) is 6.92 Å². The summed E-state index contributed by atoms with van der Waals surface area (Å²) in [6.45, 7) is 3.84. The van der Waals surface area contributed by atoms with E-state index < -0.39 is 0 Å². The van der Waals surface area contributed by atoms with Crippen molar-refractivity contribution >= 4 is 5.57 Å². The fourth-order valence-electron chi connectivity index (χ4n) is 1.31. The van der Waals surface area contributed by atoms with Crippen LogP contribution >= 0.6 is 0 Å². The van der Waals surface area contributed by atoms with Gasteiger partial charge in [0.05, 0.1) is 6.20 Å². The monoisotopic (exact) mass is 164 g/mol. The standard InChI is InChI=1S/C9H12N2O/c1-7-5-11-9(12-7)8-3-2-4-10-6-8/h3,5,10H,2,4,6H2,1H3. The molecule has 2 heterocycles. The van der Waals surface area contributed by atoms with Gasteiger partial charge in [0.2, 0.25) is 5.89 Å². The summed E-state index contributed by atoms with van der Waals surface area (Å²) in [6, 6.07) is 0. The molecule has 3 heteroatoms. The van der Waals surface area contributed by atoms with Gasteiger partial charge in [0.25, 0.3) is 0 Å². The van der Waals surface area contributed by atoms with Crippen molar-refractivity contribution in [1.82, 2.24) is 10.3 Å². The molecular weight excluding hydrogens is 152 g/mol. The smallest absolute Gasteiger partial charge is 0.223 e. The van der Waals surface area contributed by atoms with Gasteiger partial charge in [-0.15, -0.1) is 0 Å². The fraction of sp³-hybridized carbons (Fsp3) is 0.444. The molecule has 1 N–H and O–H groups in total. The number of oxazole rings is 1. The second kappa shape index (κ2) is 3.11. The van der Waals surface area contributed by atoms with Crippen LogP contribution in [0.1, 0.15) is 18.1 Å². The maximum atomic E-state index is 5.40. The minimum absolute atomic E-state index is 0.764. The third-order valence-corrected chi connectivity index (χ3v) is 1.92. The zero-order valence-corrected chi connectivity index (χ0v) is 7.13. The number of nitrogens with zero attached hydrogens (tertiary/aromatic N) is 1. The lowest BCUT2D eigenvalue weighted by atomic mass is 10.1. The molecule has 0 bridgehead atoms. The topological polar surface area (TPSA) is 38.1 Å². The molecule has 64 valence electrons. The van der Waals surface area contributed by atoms with E-state index in [9.17, 15) is 0 Å². The molecule has 0 amide bonds. The van der Waals surface area contributed by atoms with Gasteiger partial charge < -0.3 is 9.73 Å². The summed E-state index contributed by atoms with van der Waals surface area (Å²) in [5.74, 6) is 1.64. The van der Waals surface area contributed by atoms with Crippen molar-refractivity contribution in [1.29, 1.82) is 0 Å². The summed E-state index contributed by atoms with van der Waals surface area (Å²) in [6.07, 6.45) is 5.00. The number of hydrogen-bond acceptors (Lipinski definition) is 3. The highest BCUT2D eigenvalue weighted by atomic mass is 16.4. The maximum Gasteiger partial charge on any atom is 0.223 e. The first kappa shape index (κ1) is 7.55. The molecule has 0 atom stereocenters. The van der Waals surface area contributed by atoms with E-state index >= 15 is 0 Å². The fourth-order valence-corrected chi connectivity index (χ4v) is 1.31. The average molecular weight is 164 g/mol. The van der Waals surface area contributed by atoms with Crippen LogP contribution in [0.15, 0.2) is 16.7 Å². The van der Waals surface area contributed by atoms with E-state index in [0.29, 0.717) is 0 Å². The Morgan fingerprint density at radius 3 is 3.08 bits per heavy atom. The van der Waals surface area contributed by atoms with Crippen LogP contribution in [-0.4, -0.2) is 18.1 Å². The molecule has 0 radical (unpaired) electrons. The van der Waals surface area contributed by atoms with Crippen LogP contribution in [0.25, 0.3) is 5.57 Å². The second-order valence-electron chi connectivity index (χ2n) is 2.97. The number of aryl methyl sites for hydroxylation is 1. The Bertz CT molecular complexity index is 301. The molecule has 1 aliphatic rings. The Kier molecular flexibility index (Phi) is 1.96. The highest BCUT2D eigenvalue weighted by Crippen LogP contribution is 2.15. The SMILES string of the molecule is Cc1cnc(C2=CCCNC2)o1. The molecule has 1 aromatic heterocycles. The third kappa shape index (κ3) is 1.41. The lowest BCUT2D eigenvalue weighted by molar-refractivity contribution is 0.508. The van der Waals surface area contributed by atoms with Gasteiger partial charge in [0.15, 0.2) is 0 Å². The summed E-state index contributed by atoms with van der Waals surface area (Å²) in [5, 5.41) is 3.27. The molecule has 0 aliphatic carbocycles. The largest absolute Gasteiger partial charge is 0.442 e. The summed E-state index contributed by atoms with van der Waals surface area (Å²) < 4.78 is 5.40. The lowest BCUT2D eigenvalue weighted by Gasteiger charge is -2.10. The van der Waals surface area contributed by atoms with Gasteiger partial charge in [-0.05, 0) is 19.9 Å². The minimum Gasteiger partial charge on any atom is -0.442 e. The third-order valence-electron chi connectivity index (χ3n) is 1.92. The molecule has 1 aliphatic heterocycles. The normalized spacial score (nSPS) is 17.6.